The fourth-order valence-electron chi connectivity index (χ4n) is 2.85. The predicted molar refractivity (Wildman–Crippen MR) is 105 cm³/mol. The van der Waals surface area contributed by atoms with Gasteiger partial charge < -0.3 is 9.30 Å². The summed E-state index contributed by atoms with van der Waals surface area (Å²) in [4.78, 5) is 16.1. The van der Waals surface area contributed by atoms with E-state index in [1.165, 1.54) is 7.11 Å². The standard InChI is InChI=1S/C21H19ClN2O2/c1-14-12-17(13-23-19-8-6-18(22)7-9-19)15(2)24(14)20-10-4-16(5-11-20)21(25)26-3/h4-13H,1-3H3. The number of aryl methyl sites for hydroxylation is 1. The summed E-state index contributed by atoms with van der Waals surface area (Å²) < 4.78 is 6.87. The molecule has 0 aliphatic rings. The van der Waals surface area contributed by atoms with Gasteiger partial charge in [-0.2, -0.15) is 0 Å². The maximum Gasteiger partial charge on any atom is 0.337 e. The summed E-state index contributed by atoms with van der Waals surface area (Å²) in [5.74, 6) is -0.340. The van der Waals surface area contributed by atoms with Crippen LogP contribution in [0.15, 0.2) is 59.6 Å². The SMILES string of the molecule is COC(=O)c1ccc(-n2c(C)cc(C=Nc3ccc(Cl)cc3)c2C)cc1. The largest absolute Gasteiger partial charge is 0.465 e. The van der Waals surface area contributed by atoms with Gasteiger partial charge in [0.25, 0.3) is 0 Å². The Morgan fingerprint density at radius 3 is 2.35 bits per heavy atom. The number of benzene rings is 2. The van der Waals surface area contributed by atoms with Crippen LogP contribution in [-0.4, -0.2) is 23.9 Å². The molecule has 0 bridgehead atoms. The highest BCUT2D eigenvalue weighted by Gasteiger charge is 2.11. The smallest absolute Gasteiger partial charge is 0.337 e. The number of methoxy groups -OCH3 is 1. The molecule has 0 saturated carbocycles. The third-order valence-corrected chi connectivity index (χ3v) is 4.45. The minimum atomic E-state index is -0.340. The summed E-state index contributed by atoms with van der Waals surface area (Å²) in [6.07, 6.45) is 1.85. The number of rotatable bonds is 4. The van der Waals surface area contributed by atoms with Gasteiger partial charge in [-0.15, -0.1) is 0 Å². The van der Waals surface area contributed by atoms with E-state index >= 15 is 0 Å². The normalized spacial score (nSPS) is 11.1. The molecule has 0 spiro atoms. The Hall–Kier alpha value is -2.85. The van der Waals surface area contributed by atoms with Crippen LogP contribution in [0.3, 0.4) is 0 Å². The van der Waals surface area contributed by atoms with Crippen LogP contribution in [0.2, 0.25) is 5.02 Å². The van der Waals surface area contributed by atoms with Crippen molar-refractivity contribution in [1.29, 1.82) is 0 Å². The molecule has 1 aromatic heterocycles. The molecule has 0 unspecified atom stereocenters. The summed E-state index contributed by atoms with van der Waals surface area (Å²) >= 11 is 5.90. The van der Waals surface area contributed by atoms with Crippen LogP contribution in [-0.2, 0) is 4.74 Å². The average Bonchev–Trinajstić information content (AvgIpc) is 2.94. The highest BCUT2D eigenvalue weighted by Crippen LogP contribution is 2.22. The van der Waals surface area contributed by atoms with Gasteiger partial charge in [0.05, 0.1) is 18.4 Å². The number of carbonyl (C=O) groups excluding carboxylic acids is 1. The molecule has 4 nitrogen and oxygen atoms in total. The Morgan fingerprint density at radius 1 is 1.08 bits per heavy atom. The number of aromatic nitrogens is 1. The van der Waals surface area contributed by atoms with Crippen LogP contribution in [0.4, 0.5) is 5.69 Å². The molecule has 0 aliphatic carbocycles. The van der Waals surface area contributed by atoms with Crippen LogP contribution in [0.25, 0.3) is 5.69 Å². The lowest BCUT2D eigenvalue weighted by atomic mass is 10.2. The van der Waals surface area contributed by atoms with E-state index in [2.05, 4.69) is 15.6 Å². The molecule has 26 heavy (non-hydrogen) atoms. The van der Waals surface area contributed by atoms with Crippen LogP contribution >= 0.6 is 11.6 Å². The van der Waals surface area contributed by atoms with E-state index in [0.29, 0.717) is 10.6 Å². The van der Waals surface area contributed by atoms with Crippen molar-refractivity contribution in [3.8, 4) is 5.69 Å². The first-order valence-corrected chi connectivity index (χ1v) is 8.54. The van der Waals surface area contributed by atoms with Gasteiger partial charge in [-0.1, -0.05) is 11.6 Å². The van der Waals surface area contributed by atoms with Crippen molar-refractivity contribution in [1.82, 2.24) is 4.57 Å². The number of hydrogen-bond acceptors (Lipinski definition) is 3. The first kappa shape index (κ1) is 18.0. The number of carbonyl (C=O) groups is 1. The van der Waals surface area contributed by atoms with Gasteiger partial charge in [0.2, 0.25) is 0 Å². The van der Waals surface area contributed by atoms with Crippen LogP contribution in [0.1, 0.15) is 27.3 Å². The topological polar surface area (TPSA) is 43.6 Å². The van der Waals surface area contributed by atoms with E-state index in [1.54, 1.807) is 12.1 Å². The van der Waals surface area contributed by atoms with Crippen molar-refractivity contribution in [2.24, 2.45) is 4.99 Å². The zero-order valence-electron chi connectivity index (χ0n) is 14.9. The maximum absolute atomic E-state index is 11.6. The summed E-state index contributed by atoms with van der Waals surface area (Å²) in [6, 6.07) is 16.8. The lowest BCUT2D eigenvalue weighted by Crippen LogP contribution is -2.03. The lowest BCUT2D eigenvalue weighted by Gasteiger charge is -2.10. The summed E-state index contributed by atoms with van der Waals surface area (Å²) in [6.45, 7) is 4.09. The van der Waals surface area contributed by atoms with Gasteiger partial charge in [-0.25, -0.2) is 4.79 Å². The maximum atomic E-state index is 11.6. The Morgan fingerprint density at radius 2 is 1.73 bits per heavy atom. The fourth-order valence-corrected chi connectivity index (χ4v) is 2.98. The first-order valence-electron chi connectivity index (χ1n) is 8.17. The highest BCUT2D eigenvalue weighted by molar-refractivity contribution is 6.30. The second kappa shape index (κ2) is 7.58. The van der Waals surface area contributed by atoms with Crippen LogP contribution < -0.4 is 0 Å². The molecule has 1 heterocycles. The first-order chi connectivity index (χ1) is 12.5. The van der Waals surface area contributed by atoms with Gasteiger partial charge in [0, 0.05) is 33.9 Å². The summed E-state index contributed by atoms with van der Waals surface area (Å²) in [5.41, 5.74) is 5.56. The van der Waals surface area contributed by atoms with Crippen LogP contribution in [0.5, 0.6) is 0 Å². The van der Waals surface area contributed by atoms with Gasteiger partial charge in [0.15, 0.2) is 0 Å². The Bertz CT molecular complexity index is 955. The molecule has 3 rings (SSSR count). The fraction of sp³-hybridized carbons (Fsp3) is 0.143. The number of esters is 1. The van der Waals surface area contributed by atoms with Crippen molar-refractivity contribution in [2.75, 3.05) is 7.11 Å². The van der Waals surface area contributed by atoms with Crippen molar-refractivity contribution in [3.63, 3.8) is 0 Å². The number of halogens is 1. The van der Waals surface area contributed by atoms with E-state index in [4.69, 9.17) is 16.3 Å². The van der Waals surface area contributed by atoms with E-state index in [9.17, 15) is 4.79 Å². The molecular formula is C21H19ClN2O2. The molecule has 0 radical (unpaired) electrons. The van der Waals surface area contributed by atoms with E-state index in [-0.39, 0.29) is 5.97 Å². The number of ether oxygens (including phenoxy) is 1. The zero-order valence-corrected chi connectivity index (χ0v) is 15.6. The lowest BCUT2D eigenvalue weighted by molar-refractivity contribution is 0.0601. The van der Waals surface area contributed by atoms with Gasteiger partial charge >= 0.3 is 5.97 Å². The Balaban J connectivity index is 1.90. The second-order valence-electron chi connectivity index (χ2n) is 5.93. The van der Waals surface area contributed by atoms with Crippen molar-refractivity contribution < 1.29 is 9.53 Å². The molecule has 0 amide bonds. The quantitative estimate of drug-likeness (QED) is 0.465. The molecular weight excluding hydrogens is 348 g/mol. The monoisotopic (exact) mass is 366 g/mol. The molecule has 0 N–H and O–H groups in total. The third kappa shape index (κ3) is 3.70. The van der Waals surface area contributed by atoms with Gasteiger partial charge in [-0.3, -0.25) is 4.99 Å². The minimum absolute atomic E-state index is 0.340. The molecule has 0 fully saturated rings. The van der Waals surface area contributed by atoms with E-state index in [0.717, 1.165) is 28.3 Å². The summed E-state index contributed by atoms with van der Waals surface area (Å²) in [5, 5.41) is 0.692. The van der Waals surface area contributed by atoms with Crippen LogP contribution in [0, 0.1) is 13.8 Å². The molecule has 2 aromatic carbocycles. The molecule has 3 aromatic rings. The predicted octanol–water partition coefficient (Wildman–Crippen LogP) is 5.28. The van der Waals surface area contributed by atoms with Gasteiger partial charge in [0.1, 0.15) is 0 Å². The number of aliphatic imine (C=N–C) groups is 1. The van der Waals surface area contributed by atoms with Crippen molar-refractivity contribution in [2.45, 2.75) is 13.8 Å². The second-order valence-corrected chi connectivity index (χ2v) is 6.37. The number of hydrogen-bond donors (Lipinski definition) is 0. The third-order valence-electron chi connectivity index (χ3n) is 4.20. The molecule has 132 valence electrons. The highest BCUT2D eigenvalue weighted by atomic mass is 35.5. The Labute approximate surface area is 157 Å². The Kier molecular flexibility index (Phi) is 5.24. The molecule has 0 atom stereocenters. The molecule has 5 heteroatoms. The van der Waals surface area contributed by atoms with Gasteiger partial charge in [-0.05, 0) is 68.4 Å². The molecule has 0 saturated heterocycles. The minimum Gasteiger partial charge on any atom is -0.465 e. The number of nitrogens with zero attached hydrogens (tertiary/aromatic N) is 2. The zero-order chi connectivity index (χ0) is 18.7. The average molecular weight is 367 g/mol. The summed E-state index contributed by atoms with van der Waals surface area (Å²) in [7, 11) is 1.38. The van der Waals surface area contributed by atoms with E-state index < -0.39 is 0 Å². The van der Waals surface area contributed by atoms with Crippen molar-refractivity contribution >= 4 is 29.5 Å². The van der Waals surface area contributed by atoms with E-state index in [1.807, 2.05) is 56.5 Å². The molecule has 0 aliphatic heterocycles. The van der Waals surface area contributed by atoms with Crippen molar-refractivity contribution in [3.05, 3.63) is 82.1 Å².